The number of benzene rings is 2. The maximum absolute atomic E-state index is 13.4. The number of carbonyl (C=O) groups is 2. The third-order valence-electron chi connectivity index (χ3n) is 4.23. The van der Waals surface area contributed by atoms with Gasteiger partial charge in [0, 0.05) is 12.6 Å². The molecule has 2 aromatic rings. The molecule has 0 bridgehead atoms. The van der Waals surface area contributed by atoms with Crippen molar-refractivity contribution in [2.45, 2.75) is 19.9 Å². The molecule has 5 nitrogen and oxygen atoms in total. The van der Waals surface area contributed by atoms with E-state index >= 15 is 0 Å². The molecule has 2 aromatic carbocycles. The van der Waals surface area contributed by atoms with Crippen molar-refractivity contribution in [3.05, 3.63) is 65.2 Å². The van der Waals surface area contributed by atoms with Crippen LogP contribution < -0.4 is 10.1 Å². The number of hydrogen-bond donors (Lipinski definition) is 1. The van der Waals surface area contributed by atoms with Crippen molar-refractivity contribution >= 4 is 11.8 Å². The van der Waals surface area contributed by atoms with Crippen LogP contribution in [0.25, 0.3) is 0 Å². The van der Waals surface area contributed by atoms with E-state index in [9.17, 15) is 18.4 Å². The Balaban J connectivity index is 1.93. The molecule has 1 atom stereocenters. The number of likely N-dealkylation sites (N-methyl/N-ethyl adjacent to an activating group) is 1. The van der Waals surface area contributed by atoms with Gasteiger partial charge in [-0.1, -0.05) is 6.07 Å². The van der Waals surface area contributed by atoms with Gasteiger partial charge in [0.1, 0.15) is 5.75 Å². The molecule has 0 aliphatic heterocycles. The Morgan fingerprint density at radius 2 is 1.78 bits per heavy atom. The molecule has 144 valence electrons. The minimum absolute atomic E-state index is 0.212. The van der Waals surface area contributed by atoms with Gasteiger partial charge in [-0.2, -0.15) is 0 Å². The molecule has 1 N–H and O–H groups in total. The molecule has 27 heavy (non-hydrogen) atoms. The normalized spacial score (nSPS) is 11.6. The average molecular weight is 376 g/mol. The third kappa shape index (κ3) is 5.26. The predicted octanol–water partition coefficient (Wildman–Crippen LogP) is 3.31. The lowest BCUT2D eigenvalue weighted by atomic mass is 10.1. The molecule has 7 heteroatoms. The van der Waals surface area contributed by atoms with Gasteiger partial charge in [0.15, 0.2) is 11.6 Å². The number of nitrogens with zero attached hydrogens (tertiary/aromatic N) is 1. The highest BCUT2D eigenvalue weighted by atomic mass is 19.2. The summed E-state index contributed by atoms with van der Waals surface area (Å²) in [6.07, 6.45) is 0. The fraction of sp³-hybridized carbons (Fsp3) is 0.300. The van der Waals surface area contributed by atoms with Crippen LogP contribution in [0.2, 0.25) is 0 Å². The maximum atomic E-state index is 13.4. The predicted molar refractivity (Wildman–Crippen MR) is 97.5 cm³/mol. The van der Waals surface area contributed by atoms with Gasteiger partial charge in [0.25, 0.3) is 5.91 Å². The first-order valence-electron chi connectivity index (χ1n) is 8.55. The van der Waals surface area contributed by atoms with Gasteiger partial charge < -0.3 is 15.0 Å². The van der Waals surface area contributed by atoms with Crippen LogP contribution in [-0.4, -0.2) is 36.9 Å². The number of rotatable bonds is 7. The molecule has 0 radical (unpaired) electrons. The van der Waals surface area contributed by atoms with Crippen LogP contribution in [0.1, 0.15) is 35.8 Å². The van der Waals surface area contributed by atoms with E-state index in [4.69, 9.17) is 4.74 Å². The van der Waals surface area contributed by atoms with E-state index in [2.05, 4.69) is 5.32 Å². The minimum Gasteiger partial charge on any atom is -0.494 e. The SMILES string of the molecule is CCOc1ccc(C(=O)NCC(=O)N(C)C(C)c2ccc(F)c(F)c2)cc1. The van der Waals surface area contributed by atoms with Gasteiger partial charge >= 0.3 is 0 Å². The Morgan fingerprint density at radius 3 is 2.37 bits per heavy atom. The lowest BCUT2D eigenvalue weighted by molar-refractivity contribution is -0.130. The van der Waals surface area contributed by atoms with Crippen molar-refractivity contribution in [3.8, 4) is 5.75 Å². The monoisotopic (exact) mass is 376 g/mol. The zero-order valence-electron chi connectivity index (χ0n) is 15.5. The van der Waals surface area contributed by atoms with Crippen molar-refractivity contribution in [3.63, 3.8) is 0 Å². The lowest BCUT2D eigenvalue weighted by Gasteiger charge is -2.25. The molecule has 0 saturated carbocycles. The van der Waals surface area contributed by atoms with Crippen molar-refractivity contribution in [1.29, 1.82) is 0 Å². The highest BCUT2D eigenvalue weighted by Crippen LogP contribution is 2.21. The zero-order chi connectivity index (χ0) is 20.0. The van der Waals surface area contributed by atoms with Crippen LogP contribution in [0.3, 0.4) is 0 Å². The smallest absolute Gasteiger partial charge is 0.251 e. The number of carbonyl (C=O) groups excluding carboxylic acids is 2. The van der Waals surface area contributed by atoms with Crippen molar-refractivity contribution in [2.75, 3.05) is 20.2 Å². The molecule has 0 heterocycles. The van der Waals surface area contributed by atoms with E-state index in [1.54, 1.807) is 31.2 Å². The molecule has 0 aliphatic carbocycles. The summed E-state index contributed by atoms with van der Waals surface area (Å²) in [5, 5.41) is 2.55. The summed E-state index contributed by atoms with van der Waals surface area (Å²) in [7, 11) is 1.54. The van der Waals surface area contributed by atoms with E-state index in [1.165, 1.54) is 18.0 Å². The molecule has 0 spiro atoms. The Morgan fingerprint density at radius 1 is 1.11 bits per heavy atom. The Kier molecular flexibility index (Phi) is 6.87. The zero-order valence-corrected chi connectivity index (χ0v) is 15.5. The molecule has 2 amide bonds. The molecular weight excluding hydrogens is 354 g/mol. The minimum atomic E-state index is -0.969. The van der Waals surface area contributed by atoms with Crippen LogP contribution in [0.4, 0.5) is 8.78 Å². The number of halogens is 2. The van der Waals surface area contributed by atoms with Crippen LogP contribution >= 0.6 is 0 Å². The highest BCUT2D eigenvalue weighted by Gasteiger charge is 2.19. The van der Waals surface area contributed by atoms with Crippen LogP contribution in [-0.2, 0) is 4.79 Å². The van der Waals surface area contributed by atoms with E-state index in [0.717, 1.165) is 12.1 Å². The summed E-state index contributed by atoms with van der Waals surface area (Å²) in [5.41, 5.74) is 0.866. The summed E-state index contributed by atoms with van der Waals surface area (Å²) in [5.74, 6) is -2.00. The maximum Gasteiger partial charge on any atom is 0.251 e. The fourth-order valence-corrected chi connectivity index (χ4v) is 2.46. The summed E-state index contributed by atoms with van der Waals surface area (Å²) >= 11 is 0. The number of nitrogens with one attached hydrogen (secondary N) is 1. The Hall–Kier alpha value is -2.96. The summed E-state index contributed by atoms with van der Waals surface area (Å²) in [6, 6.07) is 9.60. The quantitative estimate of drug-likeness (QED) is 0.807. The van der Waals surface area contributed by atoms with E-state index in [-0.39, 0.29) is 18.4 Å². The van der Waals surface area contributed by atoms with Gasteiger partial charge in [-0.15, -0.1) is 0 Å². The molecule has 0 aromatic heterocycles. The standard InChI is InChI=1S/C20H22F2N2O3/c1-4-27-16-8-5-14(6-9-16)20(26)23-12-19(25)24(3)13(2)15-7-10-17(21)18(22)11-15/h5-11,13H,4,12H2,1-3H3,(H,23,26). The second kappa shape index (κ2) is 9.12. The van der Waals surface area contributed by atoms with E-state index in [0.29, 0.717) is 23.5 Å². The van der Waals surface area contributed by atoms with Crippen LogP contribution in [0, 0.1) is 11.6 Å². The Bertz CT molecular complexity index is 809. The number of amides is 2. The first-order chi connectivity index (χ1) is 12.8. The molecule has 0 saturated heterocycles. The lowest BCUT2D eigenvalue weighted by Crippen LogP contribution is -2.39. The average Bonchev–Trinajstić information content (AvgIpc) is 2.67. The van der Waals surface area contributed by atoms with Gasteiger partial charge in [0.2, 0.25) is 5.91 Å². The summed E-state index contributed by atoms with van der Waals surface area (Å²) in [6.45, 7) is 3.88. The van der Waals surface area contributed by atoms with Gasteiger partial charge in [-0.3, -0.25) is 9.59 Å². The van der Waals surface area contributed by atoms with Gasteiger partial charge in [-0.05, 0) is 55.8 Å². The highest BCUT2D eigenvalue weighted by molar-refractivity contribution is 5.96. The fourth-order valence-electron chi connectivity index (χ4n) is 2.46. The second-order valence-corrected chi connectivity index (χ2v) is 5.99. The van der Waals surface area contributed by atoms with E-state index in [1.807, 2.05) is 6.92 Å². The van der Waals surface area contributed by atoms with Gasteiger partial charge in [0.05, 0.1) is 19.2 Å². The van der Waals surface area contributed by atoms with Crippen molar-refractivity contribution in [1.82, 2.24) is 10.2 Å². The van der Waals surface area contributed by atoms with Crippen molar-refractivity contribution < 1.29 is 23.1 Å². The van der Waals surface area contributed by atoms with Crippen LogP contribution in [0.15, 0.2) is 42.5 Å². The number of hydrogen-bond acceptors (Lipinski definition) is 3. The Labute approximate surface area is 156 Å². The number of ether oxygens (including phenoxy) is 1. The molecule has 0 fully saturated rings. The van der Waals surface area contributed by atoms with E-state index < -0.39 is 17.7 Å². The summed E-state index contributed by atoms with van der Waals surface area (Å²) in [4.78, 5) is 25.8. The molecule has 0 aliphatic rings. The first kappa shape index (κ1) is 20.4. The third-order valence-corrected chi connectivity index (χ3v) is 4.23. The molecule has 1 unspecified atom stereocenters. The topological polar surface area (TPSA) is 58.6 Å². The first-order valence-corrected chi connectivity index (χ1v) is 8.55. The van der Waals surface area contributed by atoms with Crippen molar-refractivity contribution in [2.24, 2.45) is 0 Å². The summed E-state index contributed by atoms with van der Waals surface area (Å²) < 4.78 is 31.7. The second-order valence-electron chi connectivity index (χ2n) is 5.99. The van der Waals surface area contributed by atoms with Gasteiger partial charge in [-0.25, -0.2) is 8.78 Å². The largest absolute Gasteiger partial charge is 0.494 e. The molecular formula is C20H22F2N2O3. The van der Waals surface area contributed by atoms with Crippen LogP contribution in [0.5, 0.6) is 5.75 Å². The molecule has 2 rings (SSSR count).